The molecule has 1 aromatic rings. The summed E-state index contributed by atoms with van der Waals surface area (Å²) in [6, 6.07) is 7.33. The lowest BCUT2D eigenvalue weighted by molar-refractivity contribution is 0.0953. The summed E-state index contributed by atoms with van der Waals surface area (Å²) in [7, 11) is 0. The third-order valence-electron chi connectivity index (χ3n) is 3.07. The minimum atomic E-state index is -0.0801. The summed E-state index contributed by atoms with van der Waals surface area (Å²) in [4.78, 5) is 12.1. The van der Waals surface area contributed by atoms with E-state index in [0.717, 1.165) is 19.5 Å². The van der Waals surface area contributed by atoms with Gasteiger partial charge in [0.15, 0.2) is 0 Å². The van der Waals surface area contributed by atoms with Gasteiger partial charge in [0.05, 0.1) is 12.2 Å². The van der Waals surface area contributed by atoms with Crippen LogP contribution in [0.4, 0.5) is 0 Å². The van der Waals surface area contributed by atoms with Crippen LogP contribution in [0.3, 0.4) is 0 Å². The maximum atomic E-state index is 12.1. The van der Waals surface area contributed by atoms with E-state index in [1.165, 1.54) is 5.57 Å². The van der Waals surface area contributed by atoms with Gasteiger partial charge in [-0.2, -0.15) is 0 Å². The maximum absolute atomic E-state index is 12.1. The van der Waals surface area contributed by atoms with Crippen LogP contribution in [0.25, 0.3) is 0 Å². The Balaban J connectivity index is 1.97. The molecule has 0 fully saturated rings. The van der Waals surface area contributed by atoms with Crippen LogP contribution in [-0.4, -0.2) is 32.1 Å². The minimum absolute atomic E-state index is 0.0801. The highest BCUT2D eigenvalue weighted by Crippen LogP contribution is 2.17. The van der Waals surface area contributed by atoms with E-state index in [4.69, 9.17) is 4.74 Å². The second kappa shape index (κ2) is 6.95. The Hall–Kier alpha value is -1.81. The highest BCUT2D eigenvalue weighted by atomic mass is 16.5. The van der Waals surface area contributed by atoms with Gasteiger partial charge in [0.2, 0.25) is 0 Å². The van der Waals surface area contributed by atoms with Crippen LogP contribution in [0.5, 0.6) is 5.75 Å². The fourth-order valence-electron chi connectivity index (χ4n) is 2.05. The van der Waals surface area contributed by atoms with Crippen molar-refractivity contribution in [1.29, 1.82) is 0 Å². The van der Waals surface area contributed by atoms with E-state index in [1.807, 2.05) is 25.1 Å². The monoisotopic (exact) mass is 260 g/mol. The van der Waals surface area contributed by atoms with E-state index < -0.39 is 0 Å². The van der Waals surface area contributed by atoms with Gasteiger partial charge in [-0.05, 0) is 32.0 Å². The molecule has 1 amide bonds. The Labute approximate surface area is 113 Å². The molecule has 0 aliphatic carbocycles. The van der Waals surface area contributed by atoms with E-state index in [1.54, 1.807) is 6.07 Å². The molecule has 0 aromatic heterocycles. The van der Waals surface area contributed by atoms with Gasteiger partial charge < -0.3 is 15.4 Å². The van der Waals surface area contributed by atoms with Crippen LogP contribution < -0.4 is 15.4 Å². The molecule has 1 aromatic carbocycles. The van der Waals surface area contributed by atoms with Crippen molar-refractivity contribution >= 4 is 5.91 Å². The molecule has 1 heterocycles. The van der Waals surface area contributed by atoms with Crippen molar-refractivity contribution in [1.82, 2.24) is 10.6 Å². The molecule has 0 radical (unpaired) electrons. The fourth-order valence-corrected chi connectivity index (χ4v) is 2.05. The first-order valence-electron chi connectivity index (χ1n) is 6.70. The molecule has 4 heteroatoms. The van der Waals surface area contributed by atoms with Crippen molar-refractivity contribution in [3.8, 4) is 5.75 Å². The number of ether oxygens (including phenoxy) is 1. The highest BCUT2D eigenvalue weighted by molar-refractivity contribution is 5.97. The Morgan fingerprint density at radius 2 is 2.26 bits per heavy atom. The van der Waals surface area contributed by atoms with E-state index >= 15 is 0 Å². The Morgan fingerprint density at radius 3 is 3.00 bits per heavy atom. The Morgan fingerprint density at radius 1 is 1.42 bits per heavy atom. The molecule has 0 unspecified atom stereocenters. The molecule has 0 saturated heterocycles. The van der Waals surface area contributed by atoms with Crippen molar-refractivity contribution in [2.75, 3.05) is 26.2 Å². The second-order valence-electron chi connectivity index (χ2n) is 4.43. The first kappa shape index (κ1) is 13.6. The number of carbonyl (C=O) groups excluding carboxylic acids is 1. The zero-order chi connectivity index (χ0) is 13.5. The van der Waals surface area contributed by atoms with E-state index in [0.29, 0.717) is 24.5 Å². The standard InChI is InChI=1S/C15H20N2O2/c1-2-19-14-6-4-3-5-13(14)15(18)17-11-12-7-9-16-10-8-12/h3-7,16H,2,8-11H2,1H3,(H,17,18). The number of benzene rings is 1. The molecular weight excluding hydrogens is 240 g/mol. The fraction of sp³-hybridized carbons (Fsp3) is 0.400. The van der Waals surface area contributed by atoms with Crippen LogP contribution in [0.1, 0.15) is 23.7 Å². The number of carbonyl (C=O) groups is 1. The van der Waals surface area contributed by atoms with Crippen LogP contribution >= 0.6 is 0 Å². The van der Waals surface area contributed by atoms with Crippen LogP contribution in [0.2, 0.25) is 0 Å². The molecule has 0 bridgehead atoms. The third-order valence-corrected chi connectivity index (χ3v) is 3.07. The molecule has 1 aliphatic rings. The van der Waals surface area contributed by atoms with Gasteiger partial charge >= 0.3 is 0 Å². The summed E-state index contributed by atoms with van der Waals surface area (Å²) in [6.07, 6.45) is 3.13. The molecule has 0 atom stereocenters. The van der Waals surface area contributed by atoms with E-state index in [9.17, 15) is 4.79 Å². The number of amides is 1. The van der Waals surface area contributed by atoms with E-state index in [-0.39, 0.29) is 5.91 Å². The van der Waals surface area contributed by atoms with E-state index in [2.05, 4.69) is 16.7 Å². The molecule has 2 rings (SSSR count). The van der Waals surface area contributed by atoms with Crippen molar-refractivity contribution < 1.29 is 9.53 Å². The Bertz CT molecular complexity index is 469. The van der Waals surface area contributed by atoms with Crippen molar-refractivity contribution in [3.05, 3.63) is 41.5 Å². The molecule has 0 saturated carbocycles. The van der Waals surface area contributed by atoms with Crippen LogP contribution in [0, 0.1) is 0 Å². The Kier molecular flexibility index (Phi) is 4.98. The lowest BCUT2D eigenvalue weighted by atomic mass is 10.1. The first-order valence-corrected chi connectivity index (χ1v) is 6.70. The topological polar surface area (TPSA) is 50.4 Å². The van der Waals surface area contributed by atoms with Gasteiger partial charge in [0, 0.05) is 13.1 Å². The van der Waals surface area contributed by atoms with Gasteiger partial charge in [-0.15, -0.1) is 0 Å². The number of nitrogens with one attached hydrogen (secondary N) is 2. The largest absolute Gasteiger partial charge is 0.493 e. The molecule has 102 valence electrons. The molecule has 4 nitrogen and oxygen atoms in total. The number of para-hydroxylation sites is 1. The predicted octanol–water partition coefficient (Wildman–Crippen LogP) is 1.73. The third kappa shape index (κ3) is 3.83. The molecule has 19 heavy (non-hydrogen) atoms. The SMILES string of the molecule is CCOc1ccccc1C(=O)NCC1=CCNCC1. The van der Waals surface area contributed by atoms with Crippen LogP contribution in [-0.2, 0) is 0 Å². The second-order valence-corrected chi connectivity index (χ2v) is 4.43. The predicted molar refractivity (Wildman–Crippen MR) is 75.5 cm³/mol. The quantitative estimate of drug-likeness (QED) is 0.793. The maximum Gasteiger partial charge on any atom is 0.255 e. The van der Waals surface area contributed by atoms with Gasteiger partial charge in [0.1, 0.15) is 5.75 Å². The summed E-state index contributed by atoms with van der Waals surface area (Å²) in [5.41, 5.74) is 1.87. The van der Waals surface area contributed by atoms with Gasteiger partial charge in [-0.25, -0.2) is 0 Å². The zero-order valence-corrected chi connectivity index (χ0v) is 11.2. The van der Waals surface area contributed by atoms with Crippen molar-refractivity contribution in [3.63, 3.8) is 0 Å². The lowest BCUT2D eigenvalue weighted by Crippen LogP contribution is -2.29. The van der Waals surface area contributed by atoms with Crippen LogP contribution in [0.15, 0.2) is 35.9 Å². The summed E-state index contributed by atoms with van der Waals surface area (Å²) in [5, 5.41) is 6.20. The van der Waals surface area contributed by atoms with Crippen molar-refractivity contribution in [2.45, 2.75) is 13.3 Å². The number of rotatable bonds is 5. The minimum Gasteiger partial charge on any atom is -0.493 e. The highest BCUT2D eigenvalue weighted by Gasteiger charge is 2.12. The summed E-state index contributed by atoms with van der Waals surface area (Å²) in [5.74, 6) is 0.560. The lowest BCUT2D eigenvalue weighted by Gasteiger charge is -2.15. The van der Waals surface area contributed by atoms with Gasteiger partial charge in [-0.1, -0.05) is 23.8 Å². The van der Waals surface area contributed by atoms with Gasteiger partial charge in [-0.3, -0.25) is 4.79 Å². The summed E-state index contributed by atoms with van der Waals surface area (Å²) in [6.45, 7) is 4.95. The average Bonchev–Trinajstić information content (AvgIpc) is 2.47. The summed E-state index contributed by atoms with van der Waals surface area (Å²) >= 11 is 0. The number of hydrogen-bond donors (Lipinski definition) is 2. The van der Waals surface area contributed by atoms with Gasteiger partial charge in [0.25, 0.3) is 5.91 Å². The first-order chi connectivity index (χ1) is 9.31. The molecular formula is C15H20N2O2. The molecule has 2 N–H and O–H groups in total. The summed E-state index contributed by atoms with van der Waals surface area (Å²) < 4.78 is 5.46. The average molecular weight is 260 g/mol. The zero-order valence-electron chi connectivity index (χ0n) is 11.2. The smallest absolute Gasteiger partial charge is 0.255 e. The van der Waals surface area contributed by atoms with Crippen molar-refractivity contribution in [2.24, 2.45) is 0 Å². The molecule has 1 aliphatic heterocycles. The molecule has 0 spiro atoms. The normalized spacial score (nSPS) is 14.7. The number of hydrogen-bond acceptors (Lipinski definition) is 3.